The minimum Gasteiger partial charge on any atom is -0.488 e. The van der Waals surface area contributed by atoms with E-state index in [0.29, 0.717) is 11.3 Å². The van der Waals surface area contributed by atoms with Gasteiger partial charge in [0.25, 0.3) is 0 Å². The molecule has 0 amide bonds. The minimum absolute atomic E-state index is 0.0278. The smallest absolute Gasteiger partial charge is 0.335 e. The fourth-order valence-corrected chi connectivity index (χ4v) is 3.23. The first-order valence-electron chi connectivity index (χ1n) is 9.88. The largest absolute Gasteiger partial charge is 0.488 e. The molecule has 164 valence electrons. The molecular weight excluding hydrogens is 424 g/mol. The van der Waals surface area contributed by atoms with Crippen LogP contribution in [0.4, 0.5) is 11.5 Å². The van der Waals surface area contributed by atoms with E-state index in [9.17, 15) is 14.9 Å². The maximum atomic E-state index is 11.2. The van der Waals surface area contributed by atoms with E-state index in [-0.39, 0.29) is 23.7 Å². The highest BCUT2D eigenvalue weighted by molar-refractivity contribution is 6.02. The Bertz CT molecular complexity index is 1350. The second-order valence-corrected chi connectivity index (χ2v) is 6.99. The predicted molar refractivity (Wildman–Crippen MR) is 124 cm³/mol. The molecule has 0 aliphatic carbocycles. The molecule has 0 bridgehead atoms. The second kappa shape index (κ2) is 9.56. The lowest BCUT2D eigenvalue weighted by Gasteiger charge is -2.12. The van der Waals surface area contributed by atoms with Crippen LogP contribution >= 0.6 is 0 Å². The molecule has 2 N–H and O–H groups in total. The highest BCUT2D eigenvalue weighted by atomic mass is 16.6. The molecule has 0 aliphatic rings. The lowest BCUT2D eigenvalue weighted by atomic mass is 10.0. The van der Waals surface area contributed by atoms with Crippen molar-refractivity contribution in [3.63, 3.8) is 0 Å². The maximum absolute atomic E-state index is 11.2. The zero-order chi connectivity index (χ0) is 23.2. The minimum atomic E-state index is -0.990. The highest BCUT2D eigenvalue weighted by Crippen LogP contribution is 2.28. The van der Waals surface area contributed by atoms with Crippen molar-refractivity contribution in [1.82, 2.24) is 4.98 Å². The Balaban J connectivity index is 1.61. The molecule has 0 atom stereocenters. The first-order valence-corrected chi connectivity index (χ1v) is 9.88. The maximum Gasteiger partial charge on any atom is 0.335 e. The number of benzene rings is 3. The molecule has 4 aromatic rings. The van der Waals surface area contributed by atoms with E-state index in [1.54, 1.807) is 12.1 Å². The number of anilines is 1. The molecule has 1 aromatic heterocycles. The number of aromatic nitrogens is 1. The summed E-state index contributed by atoms with van der Waals surface area (Å²) in [6, 6.07) is 20.7. The average Bonchev–Trinajstić information content (AvgIpc) is 2.83. The van der Waals surface area contributed by atoms with Crippen LogP contribution in [0.1, 0.15) is 21.5 Å². The van der Waals surface area contributed by atoms with E-state index < -0.39 is 10.9 Å². The van der Waals surface area contributed by atoms with Crippen molar-refractivity contribution in [2.75, 3.05) is 5.43 Å². The fourth-order valence-electron chi connectivity index (χ4n) is 3.23. The number of aromatic carboxylic acids is 1. The normalized spacial score (nSPS) is 10.9. The van der Waals surface area contributed by atoms with E-state index in [1.807, 2.05) is 36.4 Å². The second-order valence-electron chi connectivity index (χ2n) is 6.99. The molecule has 0 unspecified atom stereocenters. The van der Waals surface area contributed by atoms with Crippen LogP contribution in [0.5, 0.6) is 5.75 Å². The van der Waals surface area contributed by atoms with E-state index in [4.69, 9.17) is 9.84 Å². The van der Waals surface area contributed by atoms with Crippen LogP contribution in [-0.4, -0.2) is 27.2 Å². The molecule has 0 saturated heterocycles. The van der Waals surface area contributed by atoms with Crippen LogP contribution in [0.25, 0.3) is 10.8 Å². The van der Waals surface area contributed by atoms with Gasteiger partial charge in [0, 0.05) is 17.8 Å². The summed E-state index contributed by atoms with van der Waals surface area (Å²) >= 11 is 0. The van der Waals surface area contributed by atoms with E-state index in [0.717, 1.165) is 16.3 Å². The van der Waals surface area contributed by atoms with E-state index in [2.05, 4.69) is 15.5 Å². The van der Waals surface area contributed by atoms with Crippen molar-refractivity contribution in [3.05, 3.63) is 106 Å². The molecule has 0 spiro atoms. The molecule has 1 heterocycles. The molecule has 0 fully saturated rings. The molecular formula is C24H18N4O5. The van der Waals surface area contributed by atoms with Gasteiger partial charge in [-0.25, -0.2) is 9.78 Å². The van der Waals surface area contributed by atoms with Gasteiger partial charge in [-0.2, -0.15) is 5.10 Å². The first kappa shape index (κ1) is 21.4. The lowest BCUT2D eigenvalue weighted by Crippen LogP contribution is -2.02. The Hall–Kier alpha value is -4.79. The van der Waals surface area contributed by atoms with Gasteiger partial charge in [0.15, 0.2) is 0 Å². The van der Waals surface area contributed by atoms with Crippen LogP contribution in [0, 0.1) is 10.1 Å². The van der Waals surface area contributed by atoms with Crippen molar-refractivity contribution >= 4 is 34.5 Å². The number of nitro groups is 1. The quantitative estimate of drug-likeness (QED) is 0.226. The van der Waals surface area contributed by atoms with Gasteiger partial charge in [-0.05, 0) is 40.6 Å². The molecule has 9 heteroatoms. The monoisotopic (exact) mass is 442 g/mol. The summed E-state index contributed by atoms with van der Waals surface area (Å²) in [5.74, 6) is -0.409. The number of rotatable bonds is 8. The third kappa shape index (κ3) is 4.93. The standard InChI is InChI=1S/C24H18N4O5/c29-24(30)18-9-7-16(8-10-18)15-33-22-12-11-17-4-1-2-5-19(17)20(22)14-26-27-23-21(28(31)32)6-3-13-25-23/h1-14H,15H2,(H,25,27)(H,29,30)/b26-14-. The average molecular weight is 442 g/mol. The summed E-state index contributed by atoms with van der Waals surface area (Å²) < 4.78 is 6.01. The van der Waals surface area contributed by atoms with Crippen molar-refractivity contribution in [2.45, 2.75) is 6.61 Å². The zero-order valence-electron chi connectivity index (χ0n) is 17.2. The molecule has 9 nitrogen and oxygen atoms in total. The summed E-state index contributed by atoms with van der Waals surface area (Å²) in [5.41, 5.74) is 4.13. The van der Waals surface area contributed by atoms with Crippen LogP contribution in [0.3, 0.4) is 0 Å². The van der Waals surface area contributed by atoms with Crippen molar-refractivity contribution in [1.29, 1.82) is 0 Å². The molecule has 0 radical (unpaired) electrons. The van der Waals surface area contributed by atoms with Gasteiger partial charge in [-0.3, -0.25) is 15.5 Å². The van der Waals surface area contributed by atoms with Gasteiger partial charge >= 0.3 is 11.7 Å². The van der Waals surface area contributed by atoms with Crippen molar-refractivity contribution < 1.29 is 19.6 Å². The van der Waals surface area contributed by atoms with Crippen molar-refractivity contribution in [2.24, 2.45) is 5.10 Å². The summed E-state index contributed by atoms with van der Waals surface area (Å²) in [6.45, 7) is 0.220. The third-order valence-electron chi connectivity index (χ3n) is 4.87. The Morgan fingerprint density at radius 3 is 2.64 bits per heavy atom. The Kier molecular flexibility index (Phi) is 6.21. The summed E-state index contributed by atoms with van der Waals surface area (Å²) in [4.78, 5) is 25.6. The van der Waals surface area contributed by atoms with Gasteiger partial charge in [-0.15, -0.1) is 0 Å². The molecule has 3 aromatic carbocycles. The van der Waals surface area contributed by atoms with Gasteiger partial charge in [-0.1, -0.05) is 42.5 Å². The van der Waals surface area contributed by atoms with Gasteiger partial charge in [0.2, 0.25) is 5.82 Å². The number of ether oxygens (including phenoxy) is 1. The summed E-state index contributed by atoms with van der Waals surface area (Å²) in [7, 11) is 0. The Labute approximate surface area is 188 Å². The molecule has 4 rings (SSSR count). The zero-order valence-corrected chi connectivity index (χ0v) is 17.2. The summed E-state index contributed by atoms with van der Waals surface area (Å²) in [5, 5.41) is 26.2. The number of hydrazone groups is 1. The fraction of sp³-hybridized carbons (Fsp3) is 0.0417. The highest BCUT2D eigenvalue weighted by Gasteiger charge is 2.13. The number of carbonyl (C=O) groups is 1. The van der Waals surface area contributed by atoms with Gasteiger partial charge in [0.05, 0.1) is 16.7 Å². The van der Waals surface area contributed by atoms with E-state index >= 15 is 0 Å². The number of hydrogen-bond acceptors (Lipinski definition) is 7. The SMILES string of the molecule is O=C(O)c1ccc(COc2ccc3ccccc3c2/C=N\Nc2ncccc2[N+](=O)[O-])cc1. The number of nitrogens with zero attached hydrogens (tertiary/aromatic N) is 3. The van der Waals surface area contributed by atoms with Crippen LogP contribution in [0.2, 0.25) is 0 Å². The van der Waals surface area contributed by atoms with Gasteiger partial charge in [0.1, 0.15) is 12.4 Å². The van der Waals surface area contributed by atoms with E-state index in [1.165, 1.54) is 36.7 Å². The topological polar surface area (TPSA) is 127 Å². The van der Waals surface area contributed by atoms with Crippen LogP contribution in [-0.2, 0) is 6.61 Å². The Morgan fingerprint density at radius 1 is 1.09 bits per heavy atom. The molecule has 0 saturated carbocycles. The number of carboxylic acid groups (broad SMARTS) is 1. The Morgan fingerprint density at radius 2 is 1.88 bits per heavy atom. The van der Waals surface area contributed by atoms with Crippen LogP contribution < -0.4 is 10.2 Å². The van der Waals surface area contributed by atoms with Crippen LogP contribution in [0.15, 0.2) is 84.1 Å². The molecule has 0 aliphatic heterocycles. The number of pyridine rings is 1. The number of nitrogens with one attached hydrogen (secondary N) is 1. The summed E-state index contributed by atoms with van der Waals surface area (Å²) in [6.07, 6.45) is 2.97. The van der Waals surface area contributed by atoms with Crippen molar-refractivity contribution in [3.8, 4) is 5.75 Å². The lowest BCUT2D eigenvalue weighted by molar-refractivity contribution is -0.384. The predicted octanol–water partition coefficient (Wildman–Crippen LogP) is 4.87. The number of carboxylic acids is 1. The number of fused-ring (bicyclic) bond motifs is 1. The number of hydrogen-bond donors (Lipinski definition) is 2. The van der Waals surface area contributed by atoms with Gasteiger partial charge < -0.3 is 9.84 Å². The molecule has 33 heavy (non-hydrogen) atoms. The third-order valence-corrected chi connectivity index (χ3v) is 4.87. The first-order chi connectivity index (χ1) is 16.0.